The second-order valence-electron chi connectivity index (χ2n) is 12.0. The Balaban J connectivity index is 2.40. The van der Waals surface area contributed by atoms with Gasteiger partial charge < -0.3 is 23.2 Å². The summed E-state index contributed by atoms with van der Waals surface area (Å²) in [4.78, 5) is 25.6. The minimum atomic E-state index is -4.51. The summed E-state index contributed by atoms with van der Waals surface area (Å²) in [5.41, 5.74) is -0.892. The van der Waals surface area contributed by atoms with E-state index in [9.17, 15) is 14.3 Å². The van der Waals surface area contributed by atoms with Gasteiger partial charge in [0.15, 0.2) is 0 Å². The van der Waals surface area contributed by atoms with Gasteiger partial charge in [-0.25, -0.2) is 0 Å². The molecule has 1 aliphatic rings. The highest BCUT2D eigenvalue weighted by Crippen LogP contribution is 2.52. The van der Waals surface area contributed by atoms with Gasteiger partial charge in [-0.15, -0.1) is 0 Å². The molecule has 220 valence electrons. The smallest absolute Gasteiger partial charge is 0.314 e. The van der Waals surface area contributed by atoms with E-state index >= 15 is 0 Å². The Morgan fingerprint density at radius 1 is 0.892 bits per heavy atom. The Morgan fingerprint density at radius 2 is 1.41 bits per heavy atom. The van der Waals surface area contributed by atoms with Gasteiger partial charge in [-0.3, -0.25) is 9.36 Å². The van der Waals surface area contributed by atoms with E-state index in [2.05, 4.69) is 6.92 Å². The average molecular weight is 548 g/mol. The van der Waals surface area contributed by atoms with Crippen molar-refractivity contribution in [1.82, 2.24) is 0 Å². The molecule has 0 saturated heterocycles. The molecule has 1 rings (SSSR count). The molecule has 0 bridgehead atoms. The first-order chi connectivity index (χ1) is 17.6. The Kier molecular flexibility index (Phi) is 17.5. The number of ether oxygens (including phenoxy) is 1. The molecule has 0 N–H and O–H groups in total. The SMILES string of the molecule is CCCCCCCCCCCCCCCC[C@@]1(C(=O)OCC)CCC[C@H]1OP(=O)([O-])OCC[N+](C)(C)C. The maximum atomic E-state index is 13.0. The Labute approximate surface area is 228 Å². The van der Waals surface area contributed by atoms with Gasteiger partial charge in [0.05, 0.1) is 39.3 Å². The third-order valence-electron chi connectivity index (χ3n) is 7.63. The van der Waals surface area contributed by atoms with Crippen LogP contribution in [0.25, 0.3) is 0 Å². The summed E-state index contributed by atoms with van der Waals surface area (Å²) in [6.07, 6.45) is 19.6. The zero-order valence-corrected chi connectivity index (χ0v) is 25.7. The monoisotopic (exact) mass is 547 g/mol. The molecule has 37 heavy (non-hydrogen) atoms. The standard InChI is InChI=1S/C29H58NO6P/c1-6-8-9-10-11-12-13-14-15-16-17-18-19-20-23-29(28(31)34-7-2)24-21-22-27(29)36-37(32,33)35-26-25-30(3,4)5/h27H,6-26H2,1-5H3/t27-,29-/m1/s1. The lowest BCUT2D eigenvalue weighted by molar-refractivity contribution is -0.870. The van der Waals surface area contributed by atoms with Gasteiger partial charge in [-0.1, -0.05) is 96.8 Å². The lowest BCUT2D eigenvalue weighted by Crippen LogP contribution is -2.42. The van der Waals surface area contributed by atoms with Crippen molar-refractivity contribution in [3.63, 3.8) is 0 Å². The van der Waals surface area contributed by atoms with Crippen LogP contribution in [0.2, 0.25) is 0 Å². The third kappa shape index (κ3) is 15.1. The highest BCUT2D eigenvalue weighted by atomic mass is 31.2. The molecule has 1 fully saturated rings. The summed E-state index contributed by atoms with van der Waals surface area (Å²) < 4.78 is 29.2. The Morgan fingerprint density at radius 3 is 1.89 bits per heavy atom. The lowest BCUT2D eigenvalue weighted by Gasteiger charge is -2.36. The van der Waals surface area contributed by atoms with Crippen LogP contribution in [-0.2, 0) is 23.1 Å². The number of quaternary nitrogens is 1. The van der Waals surface area contributed by atoms with Crippen LogP contribution in [0.15, 0.2) is 0 Å². The molecule has 0 radical (unpaired) electrons. The van der Waals surface area contributed by atoms with Crippen molar-refractivity contribution in [2.75, 3.05) is 40.9 Å². The molecule has 8 heteroatoms. The molecule has 0 aliphatic heterocycles. The van der Waals surface area contributed by atoms with E-state index in [4.69, 9.17) is 13.8 Å². The van der Waals surface area contributed by atoms with E-state index in [0.29, 0.717) is 30.3 Å². The number of phosphoric acid groups is 1. The first kappa shape index (κ1) is 34.6. The summed E-state index contributed by atoms with van der Waals surface area (Å²) in [6.45, 7) is 4.93. The lowest BCUT2D eigenvalue weighted by atomic mass is 9.79. The third-order valence-corrected chi connectivity index (χ3v) is 8.64. The van der Waals surface area contributed by atoms with E-state index in [1.807, 2.05) is 21.1 Å². The number of unbranched alkanes of at least 4 members (excludes halogenated alkanes) is 13. The fourth-order valence-corrected chi connectivity index (χ4v) is 6.32. The van der Waals surface area contributed by atoms with Gasteiger partial charge in [-0.2, -0.15) is 0 Å². The van der Waals surface area contributed by atoms with Crippen LogP contribution >= 0.6 is 7.82 Å². The molecule has 1 saturated carbocycles. The molecule has 7 nitrogen and oxygen atoms in total. The zero-order chi connectivity index (χ0) is 27.6. The van der Waals surface area contributed by atoms with Crippen molar-refractivity contribution in [2.24, 2.45) is 5.41 Å². The van der Waals surface area contributed by atoms with Crippen molar-refractivity contribution in [1.29, 1.82) is 0 Å². The van der Waals surface area contributed by atoms with Crippen LogP contribution in [0.5, 0.6) is 0 Å². The van der Waals surface area contributed by atoms with Gasteiger partial charge in [0, 0.05) is 0 Å². The van der Waals surface area contributed by atoms with Crippen LogP contribution in [0.4, 0.5) is 0 Å². The Bertz CT molecular complexity index is 653. The number of likely N-dealkylation sites (N-methyl/N-ethyl adjacent to an activating group) is 1. The van der Waals surface area contributed by atoms with Crippen molar-refractivity contribution in [2.45, 2.75) is 136 Å². The molecule has 0 spiro atoms. The number of rotatable bonds is 23. The fraction of sp³-hybridized carbons (Fsp3) is 0.966. The number of carbonyl (C=O) groups is 1. The van der Waals surface area contributed by atoms with Crippen LogP contribution < -0.4 is 4.89 Å². The summed E-state index contributed by atoms with van der Waals surface area (Å²) in [5.74, 6) is -0.321. The van der Waals surface area contributed by atoms with Crippen molar-refractivity contribution in [3.8, 4) is 0 Å². The van der Waals surface area contributed by atoms with Crippen molar-refractivity contribution in [3.05, 3.63) is 0 Å². The summed E-state index contributed by atoms with van der Waals surface area (Å²) >= 11 is 0. The van der Waals surface area contributed by atoms with Gasteiger partial charge in [0.2, 0.25) is 0 Å². The van der Waals surface area contributed by atoms with Crippen LogP contribution in [0.3, 0.4) is 0 Å². The second kappa shape index (κ2) is 18.8. The number of nitrogens with zero attached hydrogens (tertiary/aromatic N) is 1. The van der Waals surface area contributed by atoms with Gasteiger partial charge in [0.1, 0.15) is 13.2 Å². The van der Waals surface area contributed by atoms with Gasteiger partial charge >= 0.3 is 5.97 Å². The van der Waals surface area contributed by atoms with Crippen molar-refractivity contribution < 1.29 is 32.5 Å². The van der Waals surface area contributed by atoms with E-state index in [1.54, 1.807) is 6.92 Å². The number of carbonyl (C=O) groups excluding carboxylic acids is 1. The Hall–Kier alpha value is -0.460. The maximum Gasteiger partial charge on any atom is 0.314 e. The fourth-order valence-electron chi connectivity index (χ4n) is 5.34. The maximum absolute atomic E-state index is 13.0. The summed E-state index contributed by atoms with van der Waals surface area (Å²) in [5, 5.41) is 0. The molecule has 3 atom stereocenters. The normalized spacial score (nSPS) is 21.7. The molecular formula is C29H58NO6P. The van der Waals surface area contributed by atoms with Gasteiger partial charge in [0.25, 0.3) is 7.82 Å². The molecule has 0 amide bonds. The molecule has 0 aromatic heterocycles. The van der Waals surface area contributed by atoms with Crippen LogP contribution in [0.1, 0.15) is 129 Å². The highest BCUT2D eigenvalue weighted by Gasteiger charge is 2.51. The molecule has 1 aliphatic carbocycles. The summed E-state index contributed by atoms with van der Waals surface area (Å²) in [6, 6.07) is 0. The molecule has 0 aromatic rings. The minimum Gasteiger partial charge on any atom is -0.756 e. The minimum absolute atomic E-state index is 0.0579. The topological polar surface area (TPSA) is 84.9 Å². The largest absolute Gasteiger partial charge is 0.756 e. The number of esters is 1. The van der Waals surface area contributed by atoms with E-state index in [-0.39, 0.29) is 19.2 Å². The van der Waals surface area contributed by atoms with E-state index < -0.39 is 19.3 Å². The van der Waals surface area contributed by atoms with Crippen LogP contribution in [-0.4, -0.2) is 57.5 Å². The predicted molar refractivity (Wildman–Crippen MR) is 149 cm³/mol. The number of hydrogen-bond acceptors (Lipinski definition) is 6. The quantitative estimate of drug-likeness (QED) is 0.0584. The van der Waals surface area contributed by atoms with E-state index in [1.165, 1.54) is 70.6 Å². The first-order valence-electron chi connectivity index (χ1n) is 15.2. The van der Waals surface area contributed by atoms with Gasteiger partial charge in [-0.05, 0) is 32.6 Å². The number of phosphoric ester groups is 1. The van der Waals surface area contributed by atoms with Crippen molar-refractivity contribution >= 4 is 13.8 Å². The predicted octanol–water partition coefficient (Wildman–Crippen LogP) is 7.17. The molecular weight excluding hydrogens is 489 g/mol. The first-order valence-corrected chi connectivity index (χ1v) is 16.6. The number of hydrogen-bond donors (Lipinski definition) is 0. The molecule has 1 unspecified atom stereocenters. The second-order valence-corrected chi connectivity index (χ2v) is 13.4. The zero-order valence-electron chi connectivity index (χ0n) is 24.8. The average Bonchev–Trinajstić information content (AvgIpc) is 3.21. The highest BCUT2D eigenvalue weighted by molar-refractivity contribution is 7.45. The van der Waals surface area contributed by atoms with Crippen LogP contribution in [0, 0.1) is 5.41 Å². The molecule has 0 aromatic carbocycles. The summed E-state index contributed by atoms with van der Waals surface area (Å²) in [7, 11) is 1.41. The molecule has 0 heterocycles. The van der Waals surface area contributed by atoms with E-state index in [0.717, 1.165) is 25.7 Å².